The minimum Gasteiger partial charge on any atom is -0.496 e. The fraction of sp³-hybridized carbons (Fsp3) is 0.367. The van der Waals surface area contributed by atoms with Crippen molar-refractivity contribution in [3.63, 3.8) is 0 Å². The van der Waals surface area contributed by atoms with E-state index in [2.05, 4.69) is 28.2 Å². The molecule has 1 heterocycles. The summed E-state index contributed by atoms with van der Waals surface area (Å²) in [5.41, 5.74) is 3.49. The highest BCUT2D eigenvalue weighted by atomic mass is 32.2. The molecule has 1 aliphatic heterocycles. The summed E-state index contributed by atoms with van der Waals surface area (Å²) in [4.78, 5) is 13.1. The van der Waals surface area contributed by atoms with Crippen LogP contribution in [0.4, 0.5) is 0 Å². The Morgan fingerprint density at radius 1 is 0.974 bits per heavy atom. The van der Waals surface area contributed by atoms with Gasteiger partial charge in [-0.3, -0.25) is 4.79 Å². The summed E-state index contributed by atoms with van der Waals surface area (Å²) in [7, 11) is -1.10. The second kappa shape index (κ2) is 12.7. The SMILES string of the molecule is CO.COc1ccccc1C(=O)NCC1(c2ccccc2)CCN(S(=O)(=O)NC2CCc3ccccc32)CC1. The van der Waals surface area contributed by atoms with Gasteiger partial charge in [-0.05, 0) is 54.5 Å². The van der Waals surface area contributed by atoms with Gasteiger partial charge in [0.05, 0.1) is 12.7 Å². The third kappa shape index (κ3) is 6.33. The van der Waals surface area contributed by atoms with E-state index < -0.39 is 10.2 Å². The number of aliphatic hydroxyl groups excluding tert-OH is 1. The number of nitrogens with one attached hydrogen (secondary N) is 2. The lowest BCUT2D eigenvalue weighted by Crippen LogP contribution is -2.52. The maximum absolute atomic E-state index is 13.4. The van der Waals surface area contributed by atoms with E-state index in [1.54, 1.807) is 23.5 Å². The molecule has 3 N–H and O–H groups in total. The van der Waals surface area contributed by atoms with Crippen LogP contribution in [-0.2, 0) is 22.0 Å². The van der Waals surface area contributed by atoms with Crippen LogP contribution >= 0.6 is 0 Å². The standard InChI is InChI=1S/C29H33N3O4S.CH4O/c1-36-27-14-8-7-13-25(27)28(33)30-21-29(23-10-3-2-4-11-23)17-19-32(20-18-29)37(34,35)31-26-16-15-22-9-5-6-12-24(22)26;1-2/h2-14,26,31H,15-21H2,1H3,(H,30,33);2H,1H3. The predicted molar refractivity (Wildman–Crippen MR) is 152 cm³/mol. The van der Waals surface area contributed by atoms with Gasteiger partial charge in [0.1, 0.15) is 5.75 Å². The molecule has 1 aliphatic carbocycles. The Kier molecular flexibility index (Phi) is 9.40. The molecule has 1 unspecified atom stereocenters. The van der Waals surface area contributed by atoms with Crippen LogP contribution in [0.25, 0.3) is 0 Å². The first-order chi connectivity index (χ1) is 18.9. The molecule has 0 saturated carbocycles. The van der Waals surface area contributed by atoms with Crippen molar-refractivity contribution in [3.8, 4) is 5.75 Å². The number of rotatable bonds is 8. The minimum absolute atomic E-state index is 0.192. The van der Waals surface area contributed by atoms with Gasteiger partial charge in [-0.2, -0.15) is 17.4 Å². The number of aryl methyl sites for hydroxylation is 1. The zero-order valence-corrected chi connectivity index (χ0v) is 23.3. The van der Waals surface area contributed by atoms with E-state index in [0.29, 0.717) is 43.8 Å². The summed E-state index contributed by atoms with van der Waals surface area (Å²) in [5.74, 6) is 0.318. The Labute approximate surface area is 231 Å². The van der Waals surface area contributed by atoms with Crippen LogP contribution in [0.2, 0.25) is 0 Å². The van der Waals surface area contributed by atoms with Crippen molar-refractivity contribution < 1.29 is 23.1 Å². The van der Waals surface area contributed by atoms with E-state index in [9.17, 15) is 13.2 Å². The van der Waals surface area contributed by atoms with Crippen LogP contribution < -0.4 is 14.8 Å². The Hall–Kier alpha value is -3.24. The molecule has 39 heavy (non-hydrogen) atoms. The van der Waals surface area contributed by atoms with Gasteiger partial charge in [0, 0.05) is 38.2 Å². The highest BCUT2D eigenvalue weighted by Gasteiger charge is 2.40. The summed E-state index contributed by atoms with van der Waals surface area (Å²) >= 11 is 0. The Bertz CT molecular complexity index is 1360. The summed E-state index contributed by atoms with van der Waals surface area (Å²) < 4.78 is 36.6. The second-order valence-corrected chi connectivity index (χ2v) is 11.5. The first kappa shape index (κ1) is 28.8. The van der Waals surface area contributed by atoms with Crippen molar-refractivity contribution in [2.75, 3.05) is 33.9 Å². The van der Waals surface area contributed by atoms with Crippen LogP contribution in [0.1, 0.15) is 52.4 Å². The van der Waals surface area contributed by atoms with Crippen molar-refractivity contribution >= 4 is 16.1 Å². The van der Waals surface area contributed by atoms with Crippen molar-refractivity contribution in [2.24, 2.45) is 0 Å². The fourth-order valence-electron chi connectivity index (χ4n) is 5.62. The van der Waals surface area contributed by atoms with Gasteiger partial charge >= 0.3 is 0 Å². The van der Waals surface area contributed by atoms with Gasteiger partial charge in [-0.15, -0.1) is 0 Å². The van der Waals surface area contributed by atoms with Gasteiger partial charge in [-0.25, -0.2) is 0 Å². The molecule has 9 heteroatoms. The number of benzene rings is 3. The van der Waals surface area contributed by atoms with Crippen molar-refractivity contribution in [1.29, 1.82) is 0 Å². The lowest BCUT2D eigenvalue weighted by Gasteiger charge is -2.42. The molecule has 5 rings (SSSR count). The summed E-state index contributed by atoms with van der Waals surface area (Å²) in [6.45, 7) is 1.16. The molecule has 2 aliphatic rings. The molecule has 0 radical (unpaired) electrons. The topological polar surface area (TPSA) is 108 Å². The largest absolute Gasteiger partial charge is 0.496 e. The average Bonchev–Trinajstić information content (AvgIpc) is 3.39. The summed E-state index contributed by atoms with van der Waals surface area (Å²) in [6.07, 6.45) is 2.86. The molecule has 0 spiro atoms. The number of fused-ring (bicyclic) bond motifs is 1. The first-order valence-electron chi connectivity index (χ1n) is 13.2. The molecule has 0 bridgehead atoms. The van der Waals surface area contributed by atoms with E-state index >= 15 is 0 Å². The molecule has 0 aromatic heterocycles. The Balaban J connectivity index is 0.00000172. The van der Waals surface area contributed by atoms with Crippen molar-refractivity contribution in [1.82, 2.24) is 14.3 Å². The third-order valence-corrected chi connectivity index (χ3v) is 9.40. The number of carbonyl (C=O) groups is 1. The Morgan fingerprint density at radius 2 is 1.62 bits per heavy atom. The monoisotopic (exact) mass is 551 g/mol. The molecular weight excluding hydrogens is 514 g/mol. The summed E-state index contributed by atoms with van der Waals surface area (Å²) in [6, 6.07) is 25.1. The van der Waals surface area contributed by atoms with Crippen LogP contribution in [0.15, 0.2) is 78.9 Å². The minimum atomic E-state index is -3.65. The maximum Gasteiger partial charge on any atom is 0.280 e. The van der Waals surface area contributed by atoms with Gasteiger partial charge in [0.25, 0.3) is 16.1 Å². The number of methoxy groups -OCH3 is 1. The molecule has 1 atom stereocenters. The smallest absolute Gasteiger partial charge is 0.280 e. The number of aliphatic hydroxyl groups is 1. The van der Waals surface area contributed by atoms with E-state index in [4.69, 9.17) is 9.84 Å². The predicted octanol–water partition coefficient (Wildman–Crippen LogP) is 3.59. The van der Waals surface area contributed by atoms with E-state index in [-0.39, 0.29) is 17.4 Å². The average molecular weight is 552 g/mol. The number of nitrogens with zero attached hydrogens (tertiary/aromatic N) is 1. The van der Waals surface area contributed by atoms with E-state index in [1.165, 1.54) is 5.56 Å². The quantitative estimate of drug-likeness (QED) is 0.397. The van der Waals surface area contributed by atoms with Crippen LogP contribution in [-0.4, -0.2) is 57.6 Å². The molecule has 1 fully saturated rings. The lowest BCUT2D eigenvalue weighted by atomic mass is 9.73. The summed E-state index contributed by atoms with van der Waals surface area (Å²) in [5, 5.41) is 10.1. The van der Waals surface area contributed by atoms with E-state index in [1.807, 2.05) is 48.5 Å². The number of hydrogen-bond acceptors (Lipinski definition) is 5. The highest BCUT2D eigenvalue weighted by molar-refractivity contribution is 7.87. The maximum atomic E-state index is 13.4. The number of ether oxygens (including phenoxy) is 1. The number of piperidine rings is 1. The van der Waals surface area contributed by atoms with Gasteiger partial charge in [0.2, 0.25) is 0 Å². The molecule has 3 aromatic carbocycles. The number of para-hydroxylation sites is 1. The lowest BCUT2D eigenvalue weighted by molar-refractivity contribution is 0.0929. The normalized spacial score (nSPS) is 18.4. The van der Waals surface area contributed by atoms with Crippen molar-refractivity contribution in [2.45, 2.75) is 37.1 Å². The number of amides is 1. The van der Waals surface area contributed by atoms with E-state index in [0.717, 1.165) is 31.1 Å². The molecular formula is C30H37N3O5S. The molecule has 1 saturated heterocycles. The van der Waals surface area contributed by atoms with Gasteiger partial charge in [-0.1, -0.05) is 66.7 Å². The van der Waals surface area contributed by atoms with Crippen LogP contribution in [0.3, 0.4) is 0 Å². The Morgan fingerprint density at radius 3 is 2.33 bits per heavy atom. The third-order valence-electron chi connectivity index (χ3n) is 7.77. The zero-order valence-electron chi connectivity index (χ0n) is 22.5. The second-order valence-electron chi connectivity index (χ2n) is 9.84. The fourth-order valence-corrected chi connectivity index (χ4v) is 7.04. The highest BCUT2D eigenvalue weighted by Crippen LogP contribution is 2.37. The molecule has 8 nitrogen and oxygen atoms in total. The zero-order chi connectivity index (χ0) is 27.9. The molecule has 3 aromatic rings. The number of carbonyl (C=O) groups excluding carboxylic acids is 1. The first-order valence-corrected chi connectivity index (χ1v) is 14.6. The van der Waals surface area contributed by atoms with Crippen molar-refractivity contribution in [3.05, 3.63) is 101 Å². The van der Waals surface area contributed by atoms with Crippen LogP contribution in [0.5, 0.6) is 5.75 Å². The molecule has 208 valence electrons. The van der Waals surface area contributed by atoms with Gasteiger partial charge < -0.3 is 15.2 Å². The van der Waals surface area contributed by atoms with Crippen LogP contribution in [0, 0.1) is 0 Å². The van der Waals surface area contributed by atoms with Gasteiger partial charge in [0.15, 0.2) is 0 Å². The number of hydrogen-bond donors (Lipinski definition) is 3. The molecule has 1 amide bonds.